The van der Waals surface area contributed by atoms with Crippen molar-refractivity contribution in [2.24, 2.45) is 5.92 Å². The second-order valence-corrected chi connectivity index (χ2v) is 6.97. The van der Waals surface area contributed by atoms with Crippen LogP contribution in [0.25, 0.3) is 0 Å². The quantitative estimate of drug-likeness (QED) is 0.864. The summed E-state index contributed by atoms with van der Waals surface area (Å²) in [6.07, 6.45) is 4.68. The number of amides is 1. The first-order valence-corrected chi connectivity index (χ1v) is 9.12. The summed E-state index contributed by atoms with van der Waals surface area (Å²) in [5, 5.41) is 2.87. The van der Waals surface area contributed by atoms with Gasteiger partial charge >= 0.3 is 0 Å². The van der Waals surface area contributed by atoms with Crippen LogP contribution >= 0.6 is 0 Å². The fourth-order valence-corrected chi connectivity index (χ4v) is 3.13. The Morgan fingerprint density at radius 2 is 2.19 bits per heavy atom. The molecule has 0 radical (unpaired) electrons. The lowest BCUT2D eigenvalue weighted by atomic mass is 10.0. The molecule has 1 saturated heterocycles. The third-order valence-electron chi connectivity index (χ3n) is 4.37. The highest BCUT2D eigenvalue weighted by atomic mass is 16.5. The minimum Gasteiger partial charge on any atom is -0.375 e. The van der Waals surface area contributed by atoms with Crippen LogP contribution in [0.2, 0.25) is 0 Å². The maximum absolute atomic E-state index is 12.4. The first kappa shape index (κ1) is 18.3. The molecule has 3 rings (SSSR count). The number of hydrogen-bond donors (Lipinski definition) is 1. The molecule has 1 aliphatic rings. The van der Waals surface area contributed by atoms with Gasteiger partial charge in [-0.1, -0.05) is 19.9 Å². The van der Waals surface area contributed by atoms with Crippen molar-refractivity contribution in [1.29, 1.82) is 0 Å². The number of rotatable bonds is 6. The van der Waals surface area contributed by atoms with Crippen LogP contribution in [-0.4, -0.2) is 41.7 Å². The van der Waals surface area contributed by atoms with Crippen molar-refractivity contribution in [2.45, 2.75) is 32.9 Å². The van der Waals surface area contributed by atoms with Crippen LogP contribution in [0.5, 0.6) is 0 Å². The van der Waals surface area contributed by atoms with Crippen molar-refractivity contribution < 1.29 is 9.53 Å². The average molecular weight is 354 g/mol. The zero-order chi connectivity index (χ0) is 18.4. The number of carbonyl (C=O) groups is 1. The smallest absolute Gasteiger partial charge is 0.270 e. The second kappa shape index (κ2) is 8.76. The van der Waals surface area contributed by atoms with Crippen LogP contribution in [-0.2, 0) is 11.3 Å². The van der Waals surface area contributed by atoms with E-state index >= 15 is 0 Å². The molecular weight excluding hydrogens is 328 g/mol. The molecule has 0 spiro atoms. The Balaban J connectivity index is 1.63. The molecule has 0 unspecified atom stereocenters. The topological polar surface area (TPSA) is 67.4 Å². The van der Waals surface area contributed by atoms with Crippen LogP contribution in [0.15, 0.2) is 42.7 Å². The van der Waals surface area contributed by atoms with Crippen molar-refractivity contribution in [2.75, 3.05) is 24.6 Å². The molecule has 6 nitrogen and oxygen atoms in total. The minimum atomic E-state index is -0.190. The number of morpholine rings is 1. The van der Waals surface area contributed by atoms with Crippen molar-refractivity contribution in [3.63, 3.8) is 0 Å². The summed E-state index contributed by atoms with van der Waals surface area (Å²) >= 11 is 0. The summed E-state index contributed by atoms with van der Waals surface area (Å²) in [5.41, 5.74) is 2.26. The zero-order valence-corrected chi connectivity index (χ0v) is 15.4. The van der Waals surface area contributed by atoms with E-state index in [1.807, 2.05) is 30.3 Å². The molecule has 1 atom stereocenters. The van der Waals surface area contributed by atoms with E-state index in [1.54, 1.807) is 12.4 Å². The Hall–Kier alpha value is -2.47. The molecular formula is C20H26N4O2. The summed E-state index contributed by atoms with van der Waals surface area (Å²) in [6.45, 7) is 7.18. The predicted octanol–water partition coefficient (Wildman–Crippen LogP) is 2.66. The standard InChI is InChI=1S/C20H26N4O2/c1-15(2)11-18-14-24(9-10-26-18)17-6-8-22-19(12-17)20(25)23-13-16-5-3-4-7-21-16/h3-8,12,15,18H,9-11,13-14H2,1-2H3,(H,23,25)/t18-/m1/s1. The molecule has 1 aliphatic heterocycles. The van der Waals surface area contributed by atoms with Gasteiger partial charge in [-0.3, -0.25) is 14.8 Å². The SMILES string of the molecule is CC(C)C[C@@H]1CN(c2ccnc(C(=O)NCc3ccccn3)c2)CCO1. The lowest BCUT2D eigenvalue weighted by molar-refractivity contribution is 0.0276. The lowest BCUT2D eigenvalue weighted by Gasteiger charge is -2.35. The number of nitrogens with one attached hydrogen (secondary N) is 1. The van der Waals surface area contributed by atoms with Gasteiger partial charge in [-0.15, -0.1) is 0 Å². The highest BCUT2D eigenvalue weighted by Crippen LogP contribution is 2.21. The van der Waals surface area contributed by atoms with E-state index in [1.165, 1.54) is 0 Å². The van der Waals surface area contributed by atoms with Gasteiger partial charge in [0.1, 0.15) is 5.69 Å². The van der Waals surface area contributed by atoms with E-state index in [9.17, 15) is 4.79 Å². The van der Waals surface area contributed by atoms with E-state index in [0.717, 1.165) is 30.9 Å². The summed E-state index contributed by atoms with van der Waals surface area (Å²) < 4.78 is 5.86. The fourth-order valence-electron chi connectivity index (χ4n) is 3.13. The minimum absolute atomic E-state index is 0.190. The van der Waals surface area contributed by atoms with Crippen molar-refractivity contribution in [1.82, 2.24) is 15.3 Å². The molecule has 6 heteroatoms. The summed E-state index contributed by atoms with van der Waals surface area (Å²) in [6, 6.07) is 9.44. The molecule has 2 aromatic heterocycles. The van der Waals surface area contributed by atoms with Crippen LogP contribution in [0.4, 0.5) is 5.69 Å². The molecule has 1 N–H and O–H groups in total. The highest BCUT2D eigenvalue weighted by Gasteiger charge is 2.22. The Bertz CT molecular complexity index is 721. The van der Waals surface area contributed by atoms with Crippen LogP contribution in [0.1, 0.15) is 36.5 Å². The second-order valence-electron chi connectivity index (χ2n) is 6.97. The zero-order valence-electron chi connectivity index (χ0n) is 15.4. The molecule has 1 amide bonds. The van der Waals surface area contributed by atoms with Crippen molar-refractivity contribution in [3.05, 3.63) is 54.1 Å². The van der Waals surface area contributed by atoms with E-state index in [0.29, 0.717) is 24.8 Å². The first-order chi connectivity index (χ1) is 12.6. The molecule has 2 aromatic rings. The van der Waals surface area contributed by atoms with Gasteiger partial charge in [-0.05, 0) is 36.6 Å². The fraction of sp³-hybridized carbons (Fsp3) is 0.450. The van der Waals surface area contributed by atoms with E-state index in [2.05, 4.69) is 34.0 Å². The third-order valence-corrected chi connectivity index (χ3v) is 4.37. The van der Waals surface area contributed by atoms with Crippen LogP contribution < -0.4 is 10.2 Å². The van der Waals surface area contributed by atoms with Crippen LogP contribution in [0, 0.1) is 5.92 Å². The number of nitrogens with zero attached hydrogens (tertiary/aromatic N) is 3. The number of aromatic nitrogens is 2. The Morgan fingerprint density at radius 3 is 2.96 bits per heavy atom. The van der Waals surface area contributed by atoms with Gasteiger partial charge in [0.15, 0.2) is 0 Å². The Morgan fingerprint density at radius 1 is 1.31 bits per heavy atom. The molecule has 3 heterocycles. The largest absolute Gasteiger partial charge is 0.375 e. The molecule has 26 heavy (non-hydrogen) atoms. The van der Waals surface area contributed by atoms with Gasteiger partial charge in [0.05, 0.1) is 24.9 Å². The lowest BCUT2D eigenvalue weighted by Crippen LogP contribution is -2.43. The number of carbonyl (C=O) groups excluding carboxylic acids is 1. The molecule has 0 aromatic carbocycles. The average Bonchev–Trinajstić information content (AvgIpc) is 2.67. The summed E-state index contributed by atoms with van der Waals surface area (Å²) in [5.74, 6) is 0.412. The third kappa shape index (κ3) is 5.02. The summed E-state index contributed by atoms with van der Waals surface area (Å²) in [4.78, 5) is 23.1. The molecule has 0 saturated carbocycles. The van der Waals surface area contributed by atoms with E-state index in [4.69, 9.17) is 4.74 Å². The number of ether oxygens (including phenoxy) is 1. The first-order valence-electron chi connectivity index (χ1n) is 9.12. The van der Waals surface area contributed by atoms with Gasteiger partial charge in [-0.2, -0.15) is 0 Å². The monoisotopic (exact) mass is 354 g/mol. The van der Waals surface area contributed by atoms with Gasteiger partial charge < -0.3 is 15.0 Å². The highest BCUT2D eigenvalue weighted by molar-refractivity contribution is 5.93. The van der Waals surface area contributed by atoms with Gasteiger partial charge in [-0.25, -0.2) is 0 Å². The van der Waals surface area contributed by atoms with Gasteiger partial charge in [0.2, 0.25) is 0 Å². The van der Waals surface area contributed by atoms with Gasteiger partial charge in [0.25, 0.3) is 5.91 Å². The Kier molecular flexibility index (Phi) is 6.17. The molecule has 0 aliphatic carbocycles. The number of anilines is 1. The Labute approximate surface area is 154 Å². The number of hydrogen-bond acceptors (Lipinski definition) is 5. The number of pyridine rings is 2. The normalized spacial score (nSPS) is 17.3. The molecule has 1 fully saturated rings. The van der Waals surface area contributed by atoms with Gasteiger partial charge in [0, 0.05) is 31.2 Å². The van der Waals surface area contributed by atoms with Crippen molar-refractivity contribution >= 4 is 11.6 Å². The maximum Gasteiger partial charge on any atom is 0.270 e. The predicted molar refractivity (Wildman–Crippen MR) is 101 cm³/mol. The van der Waals surface area contributed by atoms with Crippen molar-refractivity contribution in [3.8, 4) is 0 Å². The molecule has 0 bridgehead atoms. The maximum atomic E-state index is 12.4. The van der Waals surface area contributed by atoms with E-state index in [-0.39, 0.29) is 12.0 Å². The molecule has 138 valence electrons. The van der Waals surface area contributed by atoms with Crippen LogP contribution in [0.3, 0.4) is 0 Å². The summed E-state index contributed by atoms with van der Waals surface area (Å²) in [7, 11) is 0. The van der Waals surface area contributed by atoms with E-state index < -0.39 is 0 Å².